The summed E-state index contributed by atoms with van der Waals surface area (Å²) in [5, 5.41) is 0. The average Bonchev–Trinajstić information content (AvgIpc) is 2.68. The van der Waals surface area contributed by atoms with E-state index in [4.69, 9.17) is 15.5 Å². The Kier molecular flexibility index (Phi) is 6.58. The number of nitrogens with zero attached hydrogens (tertiary/aromatic N) is 3. The quantitative estimate of drug-likeness (QED) is 0.788. The molecule has 1 saturated heterocycles. The highest BCUT2D eigenvalue weighted by atomic mass is 32.2. The second-order valence-corrected chi connectivity index (χ2v) is 7.80. The molecule has 144 valence electrons. The summed E-state index contributed by atoms with van der Waals surface area (Å²) in [6.07, 6.45) is 1.01. The van der Waals surface area contributed by atoms with Gasteiger partial charge in [-0.1, -0.05) is 23.9 Å². The Morgan fingerprint density at radius 1 is 1.22 bits per heavy atom. The number of carbonyl (C=O) groups excluding carboxylic acids is 1. The second kappa shape index (κ2) is 9.10. The monoisotopic (exact) mass is 386 g/mol. The van der Waals surface area contributed by atoms with Crippen LogP contribution in [-0.4, -0.2) is 56.1 Å². The van der Waals surface area contributed by atoms with Crippen LogP contribution in [0.1, 0.15) is 12.0 Å². The van der Waals surface area contributed by atoms with Gasteiger partial charge in [-0.15, -0.1) is 0 Å². The molecule has 1 amide bonds. The Morgan fingerprint density at radius 2 is 2.00 bits per heavy atom. The van der Waals surface area contributed by atoms with Crippen molar-refractivity contribution >= 4 is 23.5 Å². The van der Waals surface area contributed by atoms with Gasteiger partial charge in [-0.2, -0.15) is 4.98 Å². The van der Waals surface area contributed by atoms with Crippen molar-refractivity contribution in [2.45, 2.75) is 22.6 Å². The summed E-state index contributed by atoms with van der Waals surface area (Å²) in [4.78, 5) is 22.4. The number of aromatic nitrogens is 1. The molecule has 7 heteroatoms. The summed E-state index contributed by atoms with van der Waals surface area (Å²) >= 11 is 1.61. The molecular weight excluding hydrogens is 360 g/mol. The fourth-order valence-corrected chi connectivity index (χ4v) is 3.98. The van der Waals surface area contributed by atoms with Crippen molar-refractivity contribution in [1.82, 2.24) is 9.88 Å². The first-order valence-corrected chi connectivity index (χ1v) is 9.90. The molecule has 2 N–H and O–H groups in total. The van der Waals surface area contributed by atoms with E-state index in [0.717, 1.165) is 47.4 Å². The number of nitrogens with two attached hydrogens (primary N) is 1. The maximum Gasteiger partial charge on any atom is 0.229 e. The molecular formula is C20H26N4O2S. The SMILES string of the molecule is COc1nc(N2CCN(C)CC2)ccc1Sc1cccc(CCC(N)=O)c1. The van der Waals surface area contributed by atoms with E-state index in [2.05, 4.69) is 35.0 Å². The number of hydrogen-bond acceptors (Lipinski definition) is 6. The van der Waals surface area contributed by atoms with Gasteiger partial charge >= 0.3 is 0 Å². The van der Waals surface area contributed by atoms with Gasteiger partial charge in [0.25, 0.3) is 0 Å². The minimum Gasteiger partial charge on any atom is -0.480 e. The van der Waals surface area contributed by atoms with Crippen molar-refractivity contribution in [3.8, 4) is 5.88 Å². The smallest absolute Gasteiger partial charge is 0.229 e. The second-order valence-electron chi connectivity index (χ2n) is 6.68. The van der Waals surface area contributed by atoms with Gasteiger partial charge in [0.05, 0.1) is 12.0 Å². The normalized spacial score (nSPS) is 15.0. The number of aryl methyl sites for hydroxylation is 1. The number of piperazine rings is 1. The van der Waals surface area contributed by atoms with E-state index >= 15 is 0 Å². The van der Waals surface area contributed by atoms with E-state index in [0.29, 0.717) is 18.7 Å². The predicted octanol–water partition coefficient (Wildman–Crippen LogP) is 2.41. The van der Waals surface area contributed by atoms with Gasteiger partial charge in [-0.3, -0.25) is 4.79 Å². The number of benzene rings is 1. The number of rotatable bonds is 7. The first kappa shape index (κ1) is 19.5. The maximum atomic E-state index is 11.0. The molecule has 0 aliphatic carbocycles. The predicted molar refractivity (Wildman–Crippen MR) is 109 cm³/mol. The summed E-state index contributed by atoms with van der Waals surface area (Å²) in [7, 11) is 3.80. The lowest BCUT2D eigenvalue weighted by atomic mass is 10.1. The van der Waals surface area contributed by atoms with Crippen molar-refractivity contribution in [1.29, 1.82) is 0 Å². The topological polar surface area (TPSA) is 71.7 Å². The largest absolute Gasteiger partial charge is 0.480 e. The zero-order valence-corrected chi connectivity index (χ0v) is 16.7. The van der Waals surface area contributed by atoms with Crippen molar-refractivity contribution in [2.75, 3.05) is 45.2 Å². The van der Waals surface area contributed by atoms with E-state index in [1.807, 2.05) is 18.2 Å². The molecule has 0 saturated carbocycles. The fourth-order valence-electron chi connectivity index (χ4n) is 3.01. The molecule has 1 aliphatic heterocycles. The van der Waals surface area contributed by atoms with Gasteiger partial charge in [0.15, 0.2) is 0 Å². The highest BCUT2D eigenvalue weighted by Crippen LogP contribution is 2.35. The first-order valence-electron chi connectivity index (χ1n) is 9.09. The van der Waals surface area contributed by atoms with Crippen LogP contribution in [0.25, 0.3) is 0 Å². The molecule has 0 spiro atoms. The van der Waals surface area contributed by atoms with Gasteiger partial charge in [0, 0.05) is 37.5 Å². The first-order chi connectivity index (χ1) is 13.0. The third kappa shape index (κ3) is 5.37. The average molecular weight is 387 g/mol. The van der Waals surface area contributed by atoms with Crippen LogP contribution in [0.4, 0.5) is 5.82 Å². The number of amides is 1. The summed E-state index contributed by atoms with van der Waals surface area (Å²) in [5.41, 5.74) is 6.34. The van der Waals surface area contributed by atoms with Crippen LogP contribution in [-0.2, 0) is 11.2 Å². The molecule has 0 atom stereocenters. The Morgan fingerprint density at radius 3 is 2.70 bits per heavy atom. The Balaban J connectivity index is 1.73. The van der Waals surface area contributed by atoms with Crippen LogP contribution in [0.3, 0.4) is 0 Å². The standard InChI is InChI=1S/C20H26N4O2S/c1-23-10-12-24(13-11-23)19-9-7-17(20(22-19)26-2)27-16-5-3-4-15(14-16)6-8-18(21)25/h3-5,7,9,14H,6,8,10-13H2,1-2H3,(H2,21,25). The minimum atomic E-state index is -0.279. The number of likely N-dealkylation sites (N-methyl/N-ethyl adjacent to an activating group) is 1. The van der Waals surface area contributed by atoms with E-state index in [1.165, 1.54) is 0 Å². The lowest BCUT2D eigenvalue weighted by Crippen LogP contribution is -2.44. The Hall–Kier alpha value is -2.25. The van der Waals surface area contributed by atoms with Gasteiger partial charge in [0.1, 0.15) is 5.82 Å². The highest BCUT2D eigenvalue weighted by Gasteiger charge is 2.17. The lowest BCUT2D eigenvalue weighted by molar-refractivity contribution is -0.117. The number of ether oxygens (including phenoxy) is 1. The van der Waals surface area contributed by atoms with Crippen molar-refractivity contribution in [2.24, 2.45) is 5.73 Å². The molecule has 1 fully saturated rings. The summed E-state index contributed by atoms with van der Waals surface area (Å²) < 4.78 is 5.55. The molecule has 0 radical (unpaired) electrons. The molecule has 2 aromatic rings. The van der Waals surface area contributed by atoms with Crippen molar-refractivity contribution < 1.29 is 9.53 Å². The van der Waals surface area contributed by atoms with E-state index in [9.17, 15) is 4.79 Å². The van der Waals surface area contributed by atoms with Gasteiger partial charge in [-0.05, 0) is 43.3 Å². The maximum absolute atomic E-state index is 11.0. The van der Waals surface area contributed by atoms with Crippen molar-refractivity contribution in [3.05, 3.63) is 42.0 Å². The summed E-state index contributed by atoms with van der Waals surface area (Å²) in [6, 6.07) is 12.3. The Bertz CT molecular complexity index is 791. The molecule has 0 bridgehead atoms. The molecule has 6 nitrogen and oxygen atoms in total. The number of hydrogen-bond donors (Lipinski definition) is 1. The zero-order chi connectivity index (χ0) is 19.2. The minimum absolute atomic E-state index is 0.279. The summed E-state index contributed by atoms with van der Waals surface area (Å²) in [6.45, 7) is 4.03. The van der Waals surface area contributed by atoms with Gasteiger partial charge < -0.3 is 20.3 Å². The van der Waals surface area contributed by atoms with E-state index in [1.54, 1.807) is 18.9 Å². The third-order valence-electron chi connectivity index (χ3n) is 4.62. The molecule has 1 aliphatic rings. The molecule has 0 unspecified atom stereocenters. The van der Waals surface area contributed by atoms with Crippen LogP contribution < -0.4 is 15.4 Å². The number of pyridine rings is 1. The molecule has 1 aromatic carbocycles. The molecule has 1 aromatic heterocycles. The van der Waals surface area contributed by atoms with E-state index in [-0.39, 0.29) is 5.91 Å². The Labute approximate surface area is 164 Å². The van der Waals surface area contributed by atoms with E-state index < -0.39 is 0 Å². The van der Waals surface area contributed by atoms with Crippen LogP contribution >= 0.6 is 11.8 Å². The third-order valence-corrected chi connectivity index (χ3v) is 5.64. The van der Waals surface area contributed by atoms with Crippen molar-refractivity contribution in [3.63, 3.8) is 0 Å². The zero-order valence-electron chi connectivity index (χ0n) is 15.9. The van der Waals surface area contributed by atoms with Crippen LogP contribution in [0.5, 0.6) is 5.88 Å². The number of anilines is 1. The van der Waals surface area contributed by atoms with Gasteiger partial charge in [-0.25, -0.2) is 0 Å². The van der Waals surface area contributed by atoms with Crippen LogP contribution in [0, 0.1) is 0 Å². The molecule has 3 rings (SSSR count). The summed E-state index contributed by atoms with van der Waals surface area (Å²) in [5.74, 6) is 1.32. The highest BCUT2D eigenvalue weighted by molar-refractivity contribution is 7.99. The van der Waals surface area contributed by atoms with Crippen LogP contribution in [0.2, 0.25) is 0 Å². The fraction of sp³-hybridized carbons (Fsp3) is 0.400. The number of primary amides is 1. The number of methoxy groups -OCH3 is 1. The number of carbonyl (C=O) groups is 1. The molecule has 27 heavy (non-hydrogen) atoms. The van der Waals surface area contributed by atoms with Gasteiger partial charge in [0.2, 0.25) is 11.8 Å². The van der Waals surface area contributed by atoms with Crippen LogP contribution in [0.15, 0.2) is 46.2 Å². The molecule has 2 heterocycles. The lowest BCUT2D eigenvalue weighted by Gasteiger charge is -2.33.